The summed E-state index contributed by atoms with van der Waals surface area (Å²) in [6.45, 7) is 2.57. The minimum atomic E-state index is -0.478. The molecule has 1 N–H and O–H groups in total. The average molecular weight is 360 g/mol. The van der Waals surface area contributed by atoms with E-state index in [1.54, 1.807) is 4.90 Å². The maximum absolute atomic E-state index is 12.5. The summed E-state index contributed by atoms with van der Waals surface area (Å²) in [5, 5.41) is 12.2. The minimum Gasteiger partial charge on any atom is -0.375 e. The smallest absolute Gasteiger partial charge is 0.249 e. The van der Waals surface area contributed by atoms with Gasteiger partial charge in [-0.25, -0.2) is 0 Å². The summed E-state index contributed by atoms with van der Waals surface area (Å²) in [6, 6.07) is 7.48. The van der Waals surface area contributed by atoms with Crippen LogP contribution in [0.25, 0.3) is 10.6 Å². The van der Waals surface area contributed by atoms with Gasteiger partial charge in [-0.2, -0.15) is 0 Å². The van der Waals surface area contributed by atoms with Gasteiger partial charge in [0.05, 0.1) is 0 Å². The second-order valence-electron chi connectivity index (χ2n) is 5.95. The fraction of sp³-hybridized carbons (Fsp3) is 0.412. The second kappa shape index (κ2) is 7.71. The van der Waals surface area contributed by atoms with Gasteiger partial charge in [-0.15, -0.1) is 10.2 Å². The molecule has 7 nitrogen and oxygen atoms in total. The predicted molar refractivity (Wildman–Crippen MR) is 95.3 cm³/mol. The van der Waals surface area contributed by atoms with Crippen LogP contribution in [0.5, 0.6) is 0 Å². The Morgan fingerprint density at radius 3 is 3.00 bits per heavy atom. The Morgan fingerprint density at radius 2 is 2.24 bits per heavy atom. The van der Waals surface area contributed by atoms with Crippen molar-refractivity contribution in [1.82, 2.24) is 15.1 Å². The molecule has 0 radical (unpaired) electrons. The van der Waals surface area contributed by atoms with Gasteiger partial charge in [-0.1, -0.05) is 35.1 Å². The first-order valence-corrected chi connectivity index (χ1v) is 8.90. The summed E-state index contributed by atoms with van der Waals surface area (Å²) in [6.07, 6.45) is 1.45. The summed E-state index contributed by atoms with van der Waals surface area (Å²) in [7, 11) is 1.47. The number of amides is 2. The third kappa shape index (κ3) is 4.02. The van der Waals surface area contributed by atoms with Crippen LogP contribution in [0.15, 0.2) is 24.3 Å². The molecule has 1 aromatic carbocycles. The molecule has 1 unspecified atom stereocenters. The standard InChI is InChI=1S/C17H20N4O3S/c1-11-5-3-6-12(9-11)16-19-20-17(25-16)18-15(23)13-7-4-8-21(13)14(22)10-24-2/h3,5-6,9,13H,4,7-8,10H2,1-2H3,(H,18,20,23). The number of anilines is 1. The zero-order chi connectivity index (χ0) is 17.8. The zero-order valence-corrected chi connectivity index (χ0v) is 15.0. The third-order valence-corrected chi connectivity index (χ3v) is 4.95. The molecule has 8 heteroatoms. The Hall–Kier alpha value is -2.32. The highest BCUT2D eigenvalue weighted by Gasteiger charge is 2.34. The van der Waals surface area contributed by atoms with Gasteiger partial charge >= 0.3 is 0 Å². The van der Waals surface area contributed by atoms with E-state index in [0.29, 0.717) is 18.1 Å². The molecule has 0 saturated carbocycles. The van der Waals surface area contributed by atoms with Gasteiger partial charge < -0.3 is 9.64 Å². The first-order chi connectivity index (χ1) is 12.1. The van der Waals surface area contributed by atoms with Crippen LogP contribution in [0.2, 0.25) is 0 Å². The molecule has 1 fully saturated rings. The number of hydrogen-bond donors (Lipinski definition) is 1. The SMILES string of the molecule is COCC(=O)N1CCCC1C(=O)Nc1nnc(-c2cccc(C)c2)s1. The van der Waals surface area contributed by atoms with E-state index in [2.05, 4.69) is 15.5 Å². The number of rotatable bonds is 5. The highest BCUT2D eigenvalue weighted by atomic mass is 32.1. The lowest BCUT2D eigenvalue weighted by molar-refractivity contribution is -0.139. The van der Waals surface area contributed by atoms with Crippen molar-refractivity contribution in [2.45, 2.75) is 25.8 Å². The molecule has 0 aliphatic carbocycles. The zero-order valence-electron chi connectivity index (χ0n) is 14.2. The maximum atomic E-state index is 12.5. The van der Waals surface area contributed by atoms with Gasteiger partial charge in [0.25, 0.3) is 0 Å². The number of ether oxygens (including phenoxy) is 1. The topological polar surface area (TPSA) is 84.4 Å². The molecule has 1 aliphatic rings. The Kier molecular flexibility index (Phi) is 5.40. The van der Waals surface area contributed by atoms with Gasteiger partial charge in [0.15, 0.2) is 0 Å². The van der Waals surface area contributed by atoms with Crippen LogP contribution in [0.1, 0.15) is 18.4 Å². The number of nitrogens with one attached hydrogen (secondary N) is 1. The van der Waals surface area contributed by atoms with Crippen molar-refractivity contribution >= 4 is 28.3 Å². The van der Waals surface area contributed by atoms with E-state index in [0.717, 1.165) is 22.6 Å². The highest BCUT2D eigenvalue weighted by molar-refractivity contribution is 7.18. The molecule has 25 heavy (non-hydrogen) atoms. The molecule has 1 aliphatic heterocycles. The van der Waals surface area contributed by atoms with Crippen molar-refractivity contribution in [3.8, 4) is 10.6 Å². The van der Waals surface area contributed by atoms with E-state index in [-0.39, 0.29) is 18.4 Å². The number of likely N-dealkylation sites (tertiary alicyclic amines) is 1. The van der Waals surface area contributed by atoms with Gasteiger partial charge in [0.1, 0.15) is 17.7 Å². The summed E-state index contributed by atoms with van der Waals surface area (Å²) >= 11 is 1.32. The van der Waals surface area contributed by atoms with Crippen molar-refractivity contribution in [3.63, 3.8) is 0 Å². The Morgan fingerprint density at radius 1 is 1.40 bits per heavy atom. The van der Waals surface area contributed by atoms with Crippen molar-refractivity contribution in [3.05, 3.63) is 29.8 Å². The number of benzene rings is 1. The lowest BCUT2D eigenvalue weighted by Crippen LogP contribution is -2.44. The van der Waals surface area contributed by atoms with E-state index in [9.17, 15) is 9.59 Å². The Bertz CT molecular complexity index is 777. The lowest BCUT2D eigenvalue weighted by Gasteiger charge is -2.23. The van der Waals surface area contributed by atoms with Crippen molar-refractivity contribution in [2.75, 3.05) is 25.6 Å². The number of nitrogens with zero attached hydrogens (tertiary/aromatic N) is 3. The fourth-order valence-electron chi connectivity index (χ4n) is 2.90. The monoisotopic (exact) mass is 360 g/mol. The maximum Gasteiger partial charge on any atom is 0.249 e. The molecule has 1 saturated heterocycles. The van der Waals surface area contributed by atoms with E-state index in [1.807, 2.05) is 31.2 Å². The van der Waals surface area contributed by atoms with Crippen LogP contribution in [-0.4, -0.2) is 53.2 Å². The first kappa shape index (κ1) is 17.5. The van der Waals surface area contributed by atoms with Gasteiger partial charge in [0, 0.05) is 19.2 Å². The molecule has 0 bridgehead atoms. The lowest BCUT2D eigenvalue weighted by atomic mass is 10.1. The quantitative estimate of drug-likeness (QED) is 0.883. The largest absolute Gasteiger partial charge is 0.375 e. The predicted octanol–water partition coefficient (Wildman–Crippen LogP) is 2.09. The van der Waals surface area contributed by atoms with Crippen LogP contribution in [0, 0.1) is 6.92 Å². The normalized spacial score (nSPS) is 16.9. The molecule has 2 heterocycles. The number of methoxy groups -OCH3 is 1. The van der Waals surface area contributed by atoms with E-state index in [1.165, 1.54) is 18.4 Å². The van der Waals surface area contributed by atoms with Crippen LogP contribution in [0.3, 0.4) is 0 Å². The molecule has 2 amide bonds. The molecule has 2 aromatic rings. The molecule has 3 rings (SSSR count). The number of aromatic nitrogens is 2. The Labute approximate surface area is 150 Å². The average Bonchev–Trinajstić information content (AvgIpc) is 3.24. The summed E-state index contributed by atoms with van der Waals surface area (Å²) in [4.78, 5) is 26.1. The number of carbonyl (C=O) groups is 2. The third-order valence-electron chi connectivity index (χ3n) is 4.06. The van der Waals surface area contributed by atoms with Crippen LogP contribution in [0.4, 0.5) is 5.13 Å². The van der Waals surface area contributed by atoms with Gasteiger partial charge in [-0.3, -0.25) is 14.9 Å². The van der Waals surface area contributed by atoms with Crippen LogP contribution < -0.4 is 5.32 Å². The molecule has 1 aromatic heterocycles. The van der Waals surface area contributed by atoms with E-state index < -0.39 is 6.04 Å². The Balaban J connectivity index is 1.68. The van der Waals surface area contributed by atoms with E-state index in [4.69, 9.17) is 4.74 Å². The summed E-state index contributed by atoms with van der Waals surface area (Å²) in [5.74, 6) is -0.397. The highest BCUT2D eigenvalue weighted by Crippen LogP contribution is 2.27. The van der Waals surface area contributed by atoms with Crippen molar-refractivity contribution in [1.29, 1.82) is 0 Å². The van der Waals surface area contributed by atoms with Crippen molar-refractivity contribution in [2.24, 2.45) is 0 Å². The van der Waals surface area contributed by atoms with E-state index >= 15 is 0 Å². The molecular formula is C17H20N4O3S. The van der Waals surface area contributed by atoms with Gasteiger partial charge in [-0.05, 0) is 25.8 Å². The summed E-state index contributed by atoms with van der Waals surface area (Å²) in [5.41, 5.74) is 2.10. The molecule has 0 spiro atoms. The first-order valence-electron chi connectivity index (χ1n) is 8.08. The number of aryl methyl sites for hydroxylation is 1. The van der Waals surface area contributed by atoms with Gasteiger partial charge in [0.2, 0.25) is 16.9 Å². The summed E-state index contributed by atoms with van der Waals surface area (Å²) < 4.78 is 4.88. The minimum absolute atomic E-state index is 0.0138. The molecular weight excluding hydrogens is 340 g/mol. The molecule has 132 valence electrons. The van der Waals surface area contributed by atoms with Crippen LogP contribution in [-0.2, 0) is 14.3 Å². The fourth-order valence-corrected chi connectivity index (χ4v) is 3.64. The number of hydrogen-bond acceptors (Lipinski definition) is 6. The number of carbonyl (C=O) groups excluding carboxylic acids is 2. The second-order valence-corrected chi connectivity index (χ2v) is 6.93. The van der Waals surface area contributed by atoms with Crippen LogP contribution >= 0.6 is 11.3 Å². The van der Waals surface area contributed by atoms with Crippen molar-refractivity contribution < 1.29 is 14.3 Å². The molecule has 1 atom stereocenters.